The highest BCUT2D eigenvalue weighted by atomic mass is 35.5. The second kappa shape index (κ2) is 6.20. The first-order chi connectivity index (χ1) is 8.78. The summed E-state index contributed by atoms with van der Waals surface area (Å²) in [6, 6.07) is 4.85. The highest BCUT2D eigenvalue weighted by molar-refractivity contribution is 7.89. The second-order valence-corrected chi connectivity index (χ2v) is 7.86. The van der Waals surface area contributed by atoms with Gasteiger partial charge in [0.2, 0.25) is 10.0 Å². The van der Waals surface area contributed by atoms with Gasteiger partial charge in [0, 0.05) is 18.1 Å². The molecule has 0 amide bonds. The van der Waals surface area contributed by atoms with Crippen molar-refractivity contribution < 1.29 is 8.42 Å². The first kappa shape index (κ1) is 17.7. The molecule has 0 aromatic heterocycles. The molecule has 1 fully saturated rings. The van der Waals surface area contributed by atoms with Crippen LogP contribution in [0.2, 0.25) is 5.02 Å². The molecule has 2 N–H and O–H groups in total. The molecule has 20 heavy (non-hydrogen) atoms. The molecule has 1 saturated heterocycles. The molecule has 1 heterocycles. The maximum atomic E-state index is 12.5. The van der Waals surface area contributed by atoms with Crippen molar-refractivity contribution >= 4 is 34.0 Å². The van der Waals surface area contributed by atoms with Crippen molar-refractivity contribution in [2.45, 2.75) is 25.2 Å². The molecule has 114 valence electrons. The van der Waals surface area contributed by atoms with Crippen LogP contribution in [-0.4, -0.2) is 32.4 Å². The molecule has 0 saturated carbocycles. The molecule has 0 spiro atoms. The van der Waals surface area contributed by atoms with Crippen LogP contribution in [0, 0.1) is 12.3 Å². The number of hydrogen-bond donors (Lipinski definition) is 1. The zero-order valence-corrected chi connectivity index (χ0v) is 14.0. The van der Waals surface area contributed by atoms with Crippen LogP contribution in [0.5, 0.6) is 0 Å². The Balaban J connectivity index is 0.00000200. The molecule has 1 unspecified atom stereocenters. The lowest BCUT2D eigenvalue weighted by atomic mass is 9.90. The lowest BCUT2D eigenvalue weighted by molar-refractivity contribution is 0.349. The highest BCUT2D eigenvalue weighted by Gasteiger charge is 2.39. The molecule has 0 aliphatic carbocycles. The van der Waals surface area contributed by atoms with Crippen molar-refractivity contribution in [3.05, 3.63) is 28.8 Å². The summed E-state index contributed by atoms with van der Waals surface area (Å²) in [4.78, 5) is 0.254. The lowest BCUT2D eigenvalue weighted by Gasteiger charge is -2.22. The van der Waals surface area contributed by atoms with Crippen molar-refractivity contribution in [3.8, 4) is 0 Å². The number of nitrogens with zero attached hydrogens (tertiary/aromatic N) is 1. The topological polar surface area (TPSA) is 63.4 Å². The quantitative estimate of drug-likeness (QED) is 0.920. The van der Waals surface area contributed by atoms with Gasteiger partial charge in [-0.15, -0.1) is 12.4 Å². The average Bonchev–Trinajstić information content (AvgIpc) is 2.77. The number of hydrogen-bond acceptors (Lipinski definition) is 3. The molecule has 4 nitrogen and oxygen atoms in total. The fraction of sp³-hybridized carbons (Fsp3) is 0.538. The van der Waals surface area contributed by atoms with Crippen LogP contribution >= 0.6 is 24.0 Å². The zero-order chi connectivity index (χ0) is 14.3. The van der Waals surface area contributed by atoms with Crippen LogP contribution in [0.1, 0.15) is 18.9 Å². The fourth-order valence-electron chi connectivity index (χ4n) is 2.23. The first-order valence-corrected chi connectivity index (χ1v) is 8.07. The van der Waals surface area contributed by atoms with Crippen molar-refractivity contribution in [2.24, 2.45) is 11.1 Å². The van der Waals surface area contributed by atoms with Crippen LogP contribution in [0.3, 0.4) is 0 Å². The van der Waals surface area contributed by atoms with Gasteiger partial charge in [-0.2, -0.15) is 4.31 Å². The van der Waals surface area contributed by atoms with E-state index in [0.717, 1.165) is 12.0 Å². The second-order valence-electron chi connectivity index (χ2n) is 5.51. The van der Waals surface area contributed by atoms with E-state index in [1.165, 1.54) is 10.4 Å². The maximum Gasteiger partial charge on any atom is 0.243 e. The fourth-order valence-corrected chi connectivity index (χ4v) is 4.10. The molecular weight excluding hydrogens is 319 g/mol. The lowest BCUT2D eigenvalue weighted by Crippen LogP contribution is -2.34. The Morgan fingerprint density at radius 1 is 1.45 bits per heavy atom. The van der Waals surface area contributed by atoms with E-state index in [-0.39, 0.29) is 22.7 Å². The van der Waals surface area contributed by atoms with Crippen LogP contribution in [0.15, 0.2) is 23.1 Å². The molecule has 1 aromatic carbocycles. The van der Waals surface area contributed by atoms with E-state index in [0.29, 0.717) is 24.7 Å². The Labute approximate surface area is 131 Å². The summed E-state index contributed by atoms with van der Waals surface area (Å²) in [7, 11) is -3.47. The molecule has 1 atom stereocenters. The van der Waals surface area contributed by atoms with E-state index in [9.17, 15) is 8.42 Å². The Morgan fingerprint density at radius 3 is 2.60 bits per heavy atom. The number of nitrogens with two attached hydrogens (primary N) is 1. The number of aryl methyl sites for hydroxylation is 1. The number of sulfonamides is 1. The largest absolute Gasteiger partial charge is 0.330 e. The Morgan fingerprint density at radius 2 is 2.10 bits per heavy atom. The smallest absolute Gasteiger partial charge is 0.243 e. The monoisotopic (exact) mass is 338 g/mol. The first-order valence-electron chi connectivity index (χ1n) is 6.25. The van der Waals surface area contributed by atoms with Gasteiger partial charge in [0.1, 0.15) is 0 Å². The predicted molar refractivity (Wildman–Crippen MR) is 84.0 cm³/mol. The molecule has 1 aliphatic heterocycles. The highest BCUT2D eigenvalue weighted by Crippen LogP contribution is 2.33. The molecular formula is C13H20Cl2N2O2S. The average molecular weight is 339 g/mol. The van der Waals surface area contributed by atoms with Crippen LogP contribution < -0.4 is 5.73 Å². The maximum absolute atomic E-state index is 12.5. The van der Waals surface area contributed by atoms with E-state index >= 15 is 0 Å². The van der Waals surface area contributed by atoms with E-state index in [1.54, 1.807) is 12.1 Å². The molecule has 0 radical (unpaired) electrons. The summed E-state index contributed by atoms with van der Waals surface area (Å²) >= 11 is 6.01. The zero-order valence-electron chi connectivity index (χ0n) is 11.6. The van der Waals surface area contributed by atoms with Gasteiger partial charge in [-0.25, -0.2) is 8.42 Å². The third-order valence-corrected chi connectivity index (χ3v) is 6.05. The minimum Gasteiger partial charge on any atom is -0.330 e. The number of halogens is 2. The normalized spacial score (nSPS) is 23.6. The summed E-state index contributed by atoms with van der Waals surface area (Å²) in [6.07, 6.45) is 0.794. The van der Waals surface area contributed by atoms with Crippen LogP contribution in [-0.2, 0) is 10.0 Å². The molecule has 7 heteroatoms. The molecule has 2 rings (SSSR count). The summed E-state index contributed by atoms with van der Waals surface area (Å²) in [6.45, 7) is 5.34. The van der Waals surface area contributed by atoms with Crippen molar-refractivity contribution in [1.29, 1.82) is 0 Å². The van der Waals surface area contributed by atoms with Gasteiger partial charge in [0.15, 0.2) is 0 Å². The van der Waals surface area contributed by atoms with Gasteiger partial charge in [0.25, 0.3) is 0 Å². The minimum absolute atomic E-state index is 0. The summed E-state index contributed by atoms with van der Waals surface area (Å²) in [5.74, 6) is 0. The van der Waals surface area contributed by atoms with E-state index in [2.05, 4.69) is 0 Å². The SMILES string of the molecule is Cc1ccc(S(=O)(=O)N2CCC(C)(CN)C2)cc1Cl.Cl. The molecule has 1 aromatic rings. The van der Waals surface area contributed by atoms with Gasteiger partial charge in [0.05, 0.1) is 4.90 Å². The van der Waals surface area contributed by atoms with Gasteiger partial charge in [-0.3, -0.25) is 0 Å². The summed E-state index contributed by atoms with van der Waals surface area (Å²) < 4.78 is 26.6. The van der Waals surface area contributed by atoms with Gasteiger partial charge >= 0.3 is 0 Å². The predicted octanol–water partition coefficient (Wildman–Crippen LogP) is 2.43. The molecule has 0 bridgehead atoms. The van der Waals surface area contributed by atoms with Crippen LogP contribution in [0.4, 0.5) is 0 Å². The van der Waals surface area contributed by atoms with E-state index in [4.69, 9.17) is 17.3 Å². The van der Waals surface area contributed by atoms with Gasteiger partial charge in [-0.05, 0) is 43.0 Å². The third-order valence-electron chi connectivity index (χ3n) is 3.80. The van der Waals surface area contributed by atoms with Crippen molar-refractivity contribution in [1.82, 2.24) is 4.31 Å². The van der Waals surface area contributed by atoms with Crippen molar-refractivity contribution in [2.75, 3.05) is 19.6 Å². The Kier molecular flexibility index (Phi) is 5.49. The minimum atomic E-state index is -3.47. The number of rotatable bonds is 3. The standard InChI is InChI=1S/C13H19ClN2O2S.ClH/c1-10-3-4-11(7-12(10)14)19(17,18)16-6-5-13(2,8-15)9-16;/h3-4,7H,5-6,8-9,15H2,1-2H3;1H. The Bertz CT molecular complexity index is 592. The van der Waals surface area contributed by atoms with E-state index in [1.807, 2.05) is 13.8 Å². The van der Waals surface area contributed by atoms with Gasteiger partial charge < -0.3 is 5.73 Å². The van der Waals surface area contributed by atoms with Gasteiger partial charge in [-0.1, -0.05) is 24.6 Å². The summed E-state index contributed by atoms with van der Waals surface area (Å²) in [5, 5.41) is 0.474. The third kappa shape index (κ3) is 3.28. The van der Waals surface area contributed by atoms with Crippen molar-refractivity contribution in [3.63, 3.8) is 0 Å². The van der Waals surface area contributed by atoms with Crippen LogP contribution in [0.25, 0.3) is 0 Å². The molecule has 1 aliphatic rings. The number of benzene rings is 1. The summed E-state index contributed by atoms with van der Waals surface area (Å²) in [5.41, 5.74) is 6.46. The van der Waals surface area contributed by atoms with E-state index < -0.39 is 10.0 Å². The Hall–Kier alpha value is -0.330.